The summed E-state index contributed by atoms with van der Waals surface area (Å²) in [4.78, 5) is 22.8. The molecule has 0 bridgehead atoms. The Hall–Kier alpha value is -3.21. The van der Waals surface area contributed by atoms with Gasteiger partial charge in [0.1, 0.15) is 5.70 Å². The number of fused-ring (bicyclic) bond motifs is 1. The van der Waals surface area contributed by atoms with Crippen LogP contribution in [0, 0.1) is 0 Å². The van der Waals surface area contributed by atoms with E-state index in [1.165, 1.54) is 0 Å². The maximum Gasteiger partial charge on any atom is 0.210 e. The number of rotatable bonds is 5. The Kier molecular flexibility index (Phi) is 6.02. The summed E-state index contributed by atoms with van der Waals surface area (Å²) < 4.78 is 0. The van der Waals surface area contributed by atoms with Crippen LogP contribution in [-0.2, 0) is 4.79 Å². The number of hydrogen-bond donors (Lipinski definition) is 1. The Morgan fingerprint density at radius 1 is 1.33 bits per heavy atom. The molecule has 122 valence electrons. The summed E-state index contributed by atoms with van der Waals surface area (Å²) in [5.74, 6) is 0.462. The SMILES string of the molecule is C=CCC=CC(=C)C(=O)C1=CCN2/C=C/C=C\C=C\N=C(N)C2=N1. The second kappa shape index (κ2) is 8.43. The van der Waals surface area contributed by atoms with Crippen molar-refractivity contribution in [3.8, 4) is 0 Å². The minimum absolute atomic E-state index is 0.230. The quantitative estimate of drug-likeness (QED) is 0.481. The van der Waals surface area contributed by atoms with Crippen molar-refractivity contribution in [2.45, 2.75) is 6.42 Å². The first-order valence-corrected chi connectivity index (χ1v) is 7.53. The van der Waals surface area contributed by atoms with E-state index in [-0.39, 0.29) is 11.6 Å². The Morgan fingerprint density at radius 3 is 2.92 bits per heavy atom. The highest BCUT2D eigenvalue weighted by Gasteiger charge is 2.21. The minimum Gasteiger partial charge on any atom is -0.381 e. The number of nitrogens with zero attached hydrogens (tertiary/aromatic N) is 3. The summed E-state index contributed by atoms with van der Waals surface area (Å²) in [5, 5.41) is 0. The fraction of sp³-hybridized carbons (Fsp3) is 0.105. The lowest BCUT2D eigenvalue weighted by atomic mass is 10.1. The summed E-state index contributed by atoms with van der Waals surface area (Å²) in [6.45, 7) is 7.90. The highest BCUT2D eigenvalue weighted by molar-refractivity contribution is 6.41. The number of ketones is 1. The molecule has 0 unspecified atom stereocenters. The molecule has 2 heterocycles. The molecule has 24 heavy (non-hydrogen) atoms. The van der Waals surface area contributed by atoms with Gasteiger partial charge in [-0.25, -0.2) is 9.98 Å². The van der Waals surface area contributed by atoms with Crippen molar-refractivity contribution in [2.75, 3.05) is 6.54 Å². The van der Waals surface area contributed by atoms with Crippen molar-refractivity contribution in [2.24, 2.45) is 15.7 Å². The van der Waals surface area contributed by atoms with Gasteiger partial charge in [0.2, 0.25) is 5.78 Å². The van der Waals surface area contributed by atoms with Crippen molar-refractivity contribution in [1.82, 2.24) is 4.90 Å². The molecule has 0 radical (unpaired) electrons. The van der Waals surface area contributed by atoms with Crippen LogP contribution in [0.25, 0.3) is 0 Å². The van der Waals surface area contributed by atoms with Gasteiger partial charge in [-0.1, -0.05) is 37.0 Å². The third kappa shape index (κ3) is 4.39. The standard InChI is InChI=1S/C19H20N4O/c1-3-4-7-10-15(2)17(24)16-11-14-23-13-9-6-5-8-12-21-18(20)19(23)22-16/h3,5-13H,1-2,4,14H2,(H2,20,21)/b6-5-,10-7?,12-8+,13-9+. The lowest BCUT2D eigenvalue weighted by Crippen LogP contribution is -2.40. The first-order valence-electron chi connectivity index (χ1n) is 7.53. The number of carbonyl (C=O) groups excluding carboxylic acids is 1. The summed E-state index contributed by atoms with van der Waals surface area (Å²) >= 11 is 0. The molecule has 0 fully saturated rings. The summed E-state index contributed by atoms with van der Waals surface area (Å²) in [7, 11) is 0. The van der Waals surface area contributed by atoms with Crippen LogP contribution in [0.4, 0.5) is 0 Å². The molecule has 2 aliphatic rings. The van der Waals surface area contributed by atoms with Gasteiger partial charge in [-0.2, -0.15) is 0 Å². The molecule has 2 N–H and O–H groups in total. The Morgan fingerprint density at radius 2 is 2.12 bits per heavy atom. The van der Waals surface area contributed by atoms with Crippen LogP contribution in [-0.4, -0.2) is 28.9 Å². The van der Waals surface area contributed by atoms with Crippen LogP contribution < -0.4 is 5.73 Å². The van der Waals surface area contributed by atoms with E-state index in [4.69, 9.17) is 5.73 Å². The van der Waals surface area contributed by atoms with Gasteiger partial charge in [0.25, 0.3) is 0 Å². The predicted molar refractivity (Wildman–Crippen MR) is 99.4 cm³/mol. The normalized spacial score (nSPS) is 21.0. The van der Waals surface area contributed by atoms with Crippen molar-refractivity contribution in [3.05, 3.63) is 85.4 Å². The van der Waals surface area contributed by atoms with E-state index in [2.05, 4.69) is 23.1 Å². The molecular weight excluding hydrogens is 300 g/mol. The minimum atomic E-state index is -0.230. The molecule has 2 aliphatic heterocycles. The Balaban J connectivity index is 2.26. The van der Waals surface area contributed by atoms with Gasteiger partial charge in [0.05, 0.1) is 0 Å². The third-order valence-electron chi connectivity index (χ3n) is 3.25. The molecular formula is C19H20N4O. The summed E-state index contributed by atoms with van der Waals surface area (Å²) in [6.07, 6.45) is 18.5. The number of carbonyl (C=O) groups is 1. The third-order valence-corrected chi connectivity index (χ3v) is 3.25. The zero-order chi connectivity index (χ0) is 17.4. The summed E-state index contributed by atoms with van der Waals surface area (Å²) in [5.41, 5.74) is 6.69. The van der Waals surface area contributed by atoms with Gasteiger partial charge in [0, 0.05) is 24.5 Å². The molecule has 5 nitrogen and oxygen atoms in total. The Labute approximate surface area is 142 Å². The number of hydrogen-bond acceptors (Lipinski definition) is 5. The van der Waals surface area contributed by atoms with E-state index in [9.17, 15) is 4.79 Å². The van der Waals surface area contributed by atoms with Crippen LogP contribution in [0.2, 0.25) is 0 Å². The van der Waals surface area contributed by atoms with E-state index in [0.717, 1.165) is 0 Å². The largest absolute Gasteiger partial charge is 0.381 e. The number of aliphatic imine (C=N–C) groups is 2. The number of amidine groups is 2. The first kappa shape index (κ1) is 17.1. The van der Waals surface area contributed by atoms with E-state index >= 15 is 0 Å². The zero-order valence-corrected chi connectivity index (χ0v) is 13.4. The van der Waals surface area contributed by atoms with Crippen molar-refractivity contribution in [3.63, 3.8) is 0 Å². The number of Topliss-reactive ketones (excluding diaryl/α,β-unsaturated/α-hetero) is 1. The average molecular weight is 320 g/mol. The molecule has 0 aromatic carbocycles. The fourth-order valence-electron chi connectivity index (χ4n) is 2.03. The van der Waals surface area contributed by atoms with Gasteiger partial charge in [0.15, 0.2) is 11.7 Å². The summed E-state index contributed by atoms with van der Waals surface area (Å²) in [6, 6.07) is 0. The molecule has 0 atom stereocenters. The van der Waals surface area contributed by atoms with Crippen molar-refractivity contribution < 1.29 is 4.79 Å². The predicted octanol–water partition coefficient (Wildman–Crippen LogP) is 2.80. The van der Waals surface area contributed by atoms with Gasteiger partial charge < -0.3 is 10.6 Å². The van der Waals surface area contributed by atoms with Crippen LogP contribution in [0.5, 0.6) is 0 Å². The average Bonchev–Trinajstić information content (AvgIpc) is 2.60. The number of nitrogens with two attached hydrogens (primary N) is 1. The smallest absolute Gasteiger partial charge is 0.210 e. The zero-order valence-electron chi connectivity index (χ0n) is 13.4. The molecule has 0 saturated heterocycles. The second-order valence-corrected chi connectivity index (χ2v) is 5.04. The molecule has 2 rings (SSSR count). The van der Waals surface area contributed by atoms with E-state index in [1.807, 2.05) is 35.4 Å². The molecule has 0 aromatic rings. The van der Waals surface area contributed by atoms with Crippen molar-refractivity contribution in [1.29, 1.82) is 0 Å². The highest BCUT2D eigenvalue weighted by atomic mass is 16.1. The monoisotopic (exact) mass is 320 g/mol. The Bertz CT molecular complexity index is 745. The van der Waals surface area contributed by atoms with Crippen LogP contribution in [0.1, 0.15) is 6.42 Å². The van der Waals surface area contributed by atoms with Gasteiger partial charge >= 0.3 is 0 Å². The lowest BCUT2D eigenvalue weighted by molar-refractivity contribution is -0.112. The van der Waals surface area contributed by atoms with E-state index < -0.39 is 0 Å². The maximum atomic E-state index is 12.5. The van der Waals surface area contributed by atoms with Gasteiger partial charge in [-0.05, 0) is 24.6 Å². The number of allylic oxidation sites excluding steroid dienone is 8. The molecule has 0 spiro atoms. The topological polar surface area (TPSA) is 71.0 Å². The molecule has 0 aromatic heterocycles. The van der Waals surface area contributed by atoms with Crippen LogP contribution in [0.15, 0.2) is 95.4 Å². The van der Waals surface area contributed by atoms with E-state index in [0.29, 0.717) is 30.1 Å². The molecule has 0 aliphatic carbocycles. The fourth-order valence-corrected chi connectivity index (χ4v) is 2.03. The lowest BCUT2D eigenvalue weighted by Gasteiger charge is -2.24. The molecule has 0 saturated carbocycles. The maximum absolute atomic E-state index is 12.5. The van der Waals surface area contributed by atoms with Crippen LogP contribution in [0.3, 0.4) is 0 Å². The van der Waals surface area contributed by atoms with E-state index in [1.54, 1.807) is 30.5 Å². The second-order valence-electron chi connectivity index (χ2n) is 5.04. The first-order chi connectivity index (χ1) is 11.6. The molecule has 5 heteroatoms. The van der Waals surface area contributed by atoms with Gasteiger partial charge in [-0.3, -0.25) is 4.79 Å². The highest BCUT2D eigenvalue weighted by Crippen LogP contribution is 2.15. The molecule has 0 amide bonds. The van der Waals surface area contributed by atoms with Crippen LogP contribution >= 0.6 is 0 Å². The van der Waals surface area contributed by atoms with Gasteiger partial charge in [-0.15, -0.1) is 6.58 Å². The van der Waals surface area contributed by atoms with Crippen molar-refractivity contribution >= 4 is 17.5 Å².